The molecule has 0 aromatic carbocycles. The monoisotopic (exact) mass is 272 g/mol. The SMILES string of the molecule is CC1CCCCC1N(C)C(=O)CN(CCO)CCO. The summed E-state index contributed by atoms with van der Waals surface area (Å²) in [6.45, 7) is 3.38. The summed E-state index contributed by atoms with van der Waals surface area (Å²) in [5, 5.41) is 17.9. The Bertz CT molecular complexity index is 267. The van der Waals surface area contributed by atoms with Crippen molar-refractivity contribution in [3.63, 3.8) is 0 Å². The Hall–Kier alpha value is -0.650. The largest absolute Gasteiger partial charge is 0.395 e. The predicted octanol–water partition coefficient (Wildman–Crippen LogP) is 0.310. The van der Waals surface area contributed by atoms with E-state index in [0.29, 0.717) is 25.0 Å². The molecular formula is C14H28N2O3. The van der Waals surface area contributed by atoms with E-state index in [-0.39, 0.29) is 25.7 Å². The Balaban J connectivity index is 2.50. The van der Waals surface area contributed by atoms with E-state index in [1.54, 1.807) is 4.90 Å². The van der Waals surface area contributed by atoms with Crippen LogP contribution in [0.15, 0.2) is 0 Å². The highest BCUT2D eigenvalue weighted by Gasteiger charge is 2.28. The third-order valence-corrected chi connectivity index (χ3v) is 4.15. The molecular weight excluding hydrogens is 244 g/mol. The fourth-order valence-corrected chi connectivity index (χ4v) is 2.91. The van der Waals surface area contributed by atoms with Crippen molar-refractivity contribution >= 4 is 5.91 Å². The molecule has 0 spiro atoms. The minimum absolute atomic E-state index is 0.0107. The lowest BCUT2D eigenvalue weighted by Gasteiger charge is -2.37. The molecule has 2 unspecified atom stereocenters. The fraction of sp³-hybridized carbons (Fsp3) is 0.929. The smallest absolute Gasteiger partial charge is 0.236 e. The van der Waals surface area contributed by atoms with Crippen molar-refractivity contribution in [1.82, 2.24) is 9.80 Å². The second-order valence-corrected chi connectivity index (χ2v) is 5.56. The Morgan fingerprint density at radius 1 is 1.16 bits per heavy atom. The Morgan fingerprint density at radius 3 is 2.26 bits per heavy atom. The van der Waals surface area contributed by atoms with Crippen LogP contribution < -0.4 is 0 Å². The first-order valence-corrected chi connectivity index (χ1v) is 7.30. The zero-order valence-corrected chi connectivity index (χ0v) is 12.2. The highest BCUT2D eigenvalue weighted by atomic mass is 16.3. The maximum Gasteiger partial charge on any atom is 0.236 e. The van der Waals surface area contributed by atoms with Crippen LogP contribution in [0.2, 0.25) is 0 Å². The summed E-state index contributed by atoms with van der Waals surface area (Å²) in [4.78, 5) is 15.9. The van der Waals surface area contributed by atoms with Crippen LogP contribution in [-0.2, 0) is 4.79 Å². The number of carbonyl (C=O) groups is 1. The second-order valence-electron chi connectivity index (χ2n) is 5.56. The van der Waals surface area contributed by atoms with Gasteiger partial charge in [0.1, 0.15) is 0 Å². The Labute approximate surface area is 116 Å². The number of hydrogen-bond donors (Lipinski definition) is 2. The minimum atomic E-state index is 0.0107. The van der Waals surface area contributed by atoms with Crippen molar-refractivity contribution in [3.8, 4) is 0 Å². The van der Waals surface area contributed by atoms with Gasteiger partial charge in [0.05, 0.1) is 19.8 Å². The van der Waals surface area contributed by atoms with E-state index in [1.807, 2.05) is 11.9 Å². The van der Waals surface area contributed by atoms with Gasteiger partial charge in [-0.15, -0.1) is 0 Å². The molecule has 1 aliphatic rings. The predicted molar refractivity (Wildman–Crippen MR) is 74.8 cm³/mol. The molecule has 0 saturated heterocycles. The van der Waals surface area contributed by atoms with Crippen molar-refractivity contribution in [1.29, 1.82) is 0 Å². The molecule has 0 radical (unpaired) electrons. The lowest BCUT2D eigenvalue weighted by atomic mass is 9.85. The van der Waals surface area contributed by atoms with Gasteiger partial charge < -0.3 is 15.1 Å². The first kappa shape index (κ1) is 16.4. The number of nitrogens with zero attached hydrogens (tertiary/aromatic N) is 2. The van der Waals surface area contributed by atoms with Crippen molar-refractivity contribution in [3.05, 3.63) is 0 Å². The number of hydrogen-bond acceptors (Lipinski definition) is 4. The molecule has 1 amide bonds. The van der Waals surface area contributed by atoms with Gasteiger partial charge in [-0.2, -0.15) is 0 Å². The molecule has 0 heterocycles. The van der Waals surface area contributed by atoms with Crippen LogP contribution in [0.5, 0.6) is 0 Å². The summed E-state index contributed by atoms with van der Waals surface area (Å²) < 4.78 is 0. The zero-order valence-electron chi connectivity index (χ0n) is 12.2. The highest BCUT2D eigenvalue weighted by Crippen LogP contribution is 2.27. The Morgan fingerprint density at radius 2 is 1.74 bits per heavy atom. The van der Waals surface area contributed by atoms with Gasteiger partial charge in [0, 0.05) is 26.2 Å². The lowest BCUT2D eigenvalue weighted by molar-refractivity contribution is -0.135. The molecule has 1 saturated carbocycles. The quantitative estimate of drug-likeness (QED) is 0.700. The third-order valence-electron chi connectivity index (χ3n) is 4.15. The van der Waals surface area contributed by atoms with Gasteiger partial charge in [0.2, 0.25) is 5.91 Å². The average Bonchev–Trinajstić information content (AvgIpc) is 2.39. The summed E-state index contributed by atoms with van der Waals surface area (Å²) in [7, 11) is 1.88. The number of rotatable bonds is 7. The first-order valence-electron chi connectivity index (χ1n) is 7.30. The van der Waals surface area contributed by atoms with Crippen LogP contribution >= 0.6 is 0 Å². The molecule has 0 aromatic rings. The van der Waals surface area contributed by atoms with Crippen molar-refractivity contribution in [2.75, 3.05) is 39.9 Å². The van der Waals surface area contributed by atoms with Gasteiger partial charge in [-0.25, -0.2) is 0 Å². The number of amides is 1. The van der Waals surface area contributed by atoms with E-state index in [2.05, 4.69) is 6.92 Å². The summed E-state index contributed by atoms with van der Waals surface area (Å²) in [5.41, 5.74) is 0. The maximum atomic E-state index is 12.3. The van der Waals surface area contributed by atoms with Gasteiger partial charge >= 0.3 is 0 Å². The molecule has 2 N–H and O–H groups in total. The van der Waals surface area contributed by atoms with Gasteiger partial charge in [-0.3, -0.25) is 9.69 Å². The number of carbonyl (C=O) groups excluding carboxylic acids is 1. The van der Waals surface area contributed by atoms with Crippen molar-refractivity contribution < 1.29 is 15.0 Å². The zero-order chi connectivity index (χ0) is 14.3. The highest BCUT2D eigenvalue weighted by molar-refractivity contribution is 5.78. The van der Waals surface area contributed by atoms with Crippen LogP contribution in [0, 0.1) is 5.92 Å². The maximum absolute atomic E-state index is 12.3. The van der Waals surface area contributed by atoms with E-state index < -0.39 is 0 Å². The van der Waals surface area contributed by atoms with Crippen LogP contribution in [0.4, 0.5) is 0 Å². The molecule has 1 rings (SSSR count). The molecule has 5 nitrogen and oxygen atoms in total. The molecule has 0 aliphatic heterocycles. The molecule has 19 heavy (non-hydrogen) atoms. The summed E-state index contributed by atoms with van der Waals surface area (Å²) in [5.74, 6) is 0.646. The van der Waals surface area contributed by atoms with E-state index in [9.17, 15) is 4.79 Å². The van der Waals surface area contributed by atoms with Crippen LogP contribution in [0.1, 0.15) is 32.6 Å². The van der Waals surface area contributed by atoms with E-state index in [1.165, 1.54) is 19.3 Å². The van der Waals surface area contributed by atoms with E-state index in [4.69, 9.17) is 10.2 Å². The third kappa shape index (κ3) is 5.09. The fourth-order valence-electron chi connectivity index (χ4n) is 2.91. The van der Waals surface area contributed by atoms with Crippen molar-refractivity contribution in [2.45, 2.75) is 38.6 Å². The van der Waals surface area contributed by atoms with Crippen LogP contribution in [-0.4, -0.2) is 71.9 Å². The lowest BCUT2D eigenvalue weighted by Crippen LogP contribution is -2.47. The number of aliphatic hydroxyl groups is 2. The topological polar surface area (TPSA) is 64.0 Å². The standard InChI is InChI=1S/C14H28N2O3/c1-12-5-3-4-6-13(12)15(2)14(19)11-16(7-9-17)8-10-18/h12-13,17-18H,3-11H2,1-2H3. The molecule has 1 aliphatic carbocycles. The molecule has 0 aromatic heterocycles. The second kappa shape index (κ2) is 8.51. The average molecular weight is 272 g/mol. The van der Waals surface area contributed by atoms with Gasteiger partial charge in [0.25, 0.3) is 0 Å². The molecule has 0 bridgehead atoms. The molecule has 1 fully saturated rings. The van der Waals surface area contributed by atoms with Crippen LogP contribution in [0.3, 0.4) is 0 Å². The Kier molecular flexibility index (Phi) is 7.34. The number of aliphatic hydroxyl groups excluding tert-OH is 2. The molecule has 2 atom stereocenters. The minimum Gasteiger partial charge on any atom is -0.395 e. The van der Waals surface area contributed by atoms with Gasteiger partial charge in [-0.1, -0.05) is 19.8 Å². The van der Waals surface area contributed by atoms with E-state index in [0.717, 1.165) is 6.42 Å². The number of likely N-dealkylation sites (N-methyl/N-ethyl adjacent to an activating group) is 1. The van der Waals surface area contributed by atoms with Gasteiger partial charge in [0.15, 0.2) is 0 Å². The summed E-state index contributed by atoms with van der Waals surface area (Å²) in [6, 6.07) is 0.339. The normalized spacial score (nSPS) is 23.6. The first-order chi connectivity index (χ1) is 9.10. The van der Waals surface area contributed by atoms with Gasteiger partial charge in [-0.05, 0) is 18.8 Å². The molecule has 112 valence electrons. The van der Waals surface area contributed by atoms with Crippen molar-refractivity contribution in [2.24, 2.45) is 5.92 Å². The summed E-state index contributed by atoms with van der Waals surface area (Å²) in [6.07, 6.45) is 4.74. The van der Waals surface area contributed by atoms with E-state index >= 15 is 0 Å². The molecule has 5 heteroatoms. The summed E-state index contributed by atoms with van der Waals surface area (Å²) >= 11 is 0. The van der Waals surface area contributed by atoms with Crippen LogP contribution in [0.25, 0.3) is 0 Å².